The predicted molar refractivity (Wildman–Crippen MR) is 100 cm³/mol. The molecule has 2 heterocycles. The van der Waals surface area contributed by atoms with Crippen LogP contribution in [0.4, 0.5) is 13.2 Å². The second-order valence-electron chi connectivity index (χ2n) is 6.26. The Hall–Kier alpha value is -2.36. The smallest absolute Gasteiger partial charge is 0.374 e. The Morgan fingerprint density at radius 1 is 1.11 bits per heavy atom. The zero-order valence-corrected chi connectivity index (χ0v) is 15.9. The minimum atomic E-state index is -4.82. The molecule has 1 unspecified atom stereocenters. The van der Waals surface area contributed by atoms with Gasteiger partial charge in [0.15, 0.2) is 0 Å². The largest absolute Gasteiger partial charge is 0.424 e. The first kappa shape index (κ1) is 21.9. The van der Waals surface area contributed by atoms with Gasteiger partial charge in [0.2, 0.25) is 5.60 Å². The van der Waals surface area contributed by atoms with Gasteiger partial charge in [0.05, 0.1) is 5.69 Å². The number of aliphatic hydroxyl groups is 1. The molecule has 0 amide bonds. The Bertz CT molecular complexity index is 864. The molecule has 3 aromatic rings. The fourth-order valence-electron chi connectivity index (χ4n) is 2.83. The van der Waals surface area contributed by atoms with Gasteiger partial charge in [-0.05, 0) is 30.3 Å². The maximum atomic E-state index is 13.4. The number of alkyl halides is 3. The van der Waals surface area contributed by atoms with Crippen LogP contribution in [0.1, 0.15) is 17.8 Å². The van der Waals surface area contributed by atoms with E-state index < -0.39 is 24.0 Å². The molecule has 0 spiro atoms. The van der Waals surface area contributed by atoms with Crippen LogP contribution in [-0.2, 0) is 19.2 Å². The molecule has 0 aliphatic heterocycles. The van der Waals surface area contributed by atoms with Crippen molar-refractivity contribution in [2.24, 2.45) is 7.05 Å². The SMILES string of the molecule is Cl.Cn1ccnc1C(O)(CCNCc1ccc(-n2cccn2)cc1)C(F)(F)F. The van der Waals surface area contributed by atoms with Crippen molar-refractivity contribution in [2.75, 3.05) is 6.54 Å². The maximum absolute atomic E-state index is 13.4. The van der Waals surface area contributed by atoms with Crippen molar-refractivity contribution >= 4 is 12.4 Å². The average molecular weight is 416 g/mol. The second kappa shape index (κ2) is 8.76. The Balaban J connectivity index is 0.00000280. The van der Waals surface area contributed by atoms with E-state index in [0.29, 0.717) is 6.54 Å². The normalized spacial score (nSPS) is 13.8. The highest BCUT2D eigenvalue weighted by Crippen LogP contribution is 2.40. The van der Waals surface area contributed by atoms with Gasteiger partial charge in [-0.25, -0.2) is 9.67 Å². The number of hydrogen-bond acceptors (Lipinski definition) is 4. The highest BCUT2D eigenvalue weighted by Gasteiger charge is 2.56. The molecule has 28 heavy (non-hydrogen) atoms. The molecular formula is C18H21ClF3N5O. The molecule has 0 bridgehead atoms. The first-order chi connectivity index (χ1) is 12.8. The van der Waals surface area contributed by atoms with Crippen molar-refractivity contribution in [3.05, 3.63) is 66.5 Å². The van der Waals surface area contributed by atoms with E-state index in [1.165, 1.54) is 24.0 Å². The molecule has 2 aromatic heterocycles. The lowest BCUT2D eigenvalue weighted by molar-refractivity contribution is -0.272. The minimum Gasteiger partial charge on any atom is -0.374 e. The molecule has 0 fully saturated rings. The fraction of sp³-hybridized carbons (Fsp3) is 0.333. The molecular weight excluding hydrogens is 395 g/mol. The first-order valence-electron chi connectivity index (χ1n) is 8.38. The van der Waals surface area contributed by atoms with Gasteiger partial charge in [0, 0.05) is 44.8 Å². The Morgan fingerprint density at radius 3 is 2.36 bits per heavy atom. The van der Waals surface area contributed by atoms with Crippen LogP contribution < -0.4 is 5.32 Å². The van der Waals surface area contributed by atoms with Crippen LogP contribution in [0.2, 0.25) is 0 Å². The van der Waals surface area contributed by atoms with Gasteiger partial charge in [-0.1, -0.05) is 12.1 Å². The Morgan fingerprint density at radius 2 is 1.82 bits per heavy atom. The molecule has 0 aliphatic carbocycles. The Labute approximate surface area is 166 Å². The van der Waals surface area contributed by atoms with E-state index in [1.54, 1.807) is 10.9 Å². The van der Waals surface area contributed by atoms with Crippen LogP contribution in [0, 0.1) is 0 Å². The summed E-state index contributed by atoms with van der Waals surface area (Å²) >= 11 is 0. The third kappa shape index (κ3) is 4.54. The molecule has 152 valence electrons. The van der Waals surface area contributed by atoms with Crippen molar-refractivity contribution in [1.82, 2.24) is 24.6 Å². The summed E-state index contributed by atoms with van der Waals surface area (Å²) in [5, 5.41) is 17.3. The molecule has 0 saturated carbocycles. The van der Waals surface area contributed by atoms with Crippen molar-refractivity contribution in [2.45, 2.75) is 24.7 Å². The maximum Gasteiger partial charge on any atom is 0.424 e. The van der Waals surface area contributed by atoms with Crippen molar-refractivity contribution < 1.29 is 18.3 Å². The van der Waals surface area contributed by atoms with Gasteiger partial charge in [0.1, 0.15) is 5.82 Å². The summed E-state index contributed by atoms with van der Waals surface area (Å²) in [6.07, 6.45) is 0.759. The number of halogens is 4. The van der Waals surface area contributed by atoms with E-state index in [4.69, 9.17) is 0 Å². The van der Waals surface area contributed by atoms with E-state index in [1.807, 2.05) is 36.5 Å². The number of nitrogens with one attached hydrogen (secondary N) is 1. The van der Waals surface area contributed by atoms with E-state index in [9.17, 15) is 18.3 Å². The zero-order valence-electron chi connectivity index (χ0n) is 15.1. The summed E-state index contributed by atoms with van der Waals surface area (Å²) < 4.78 is 43.2. The Kier molecular flexibility index (Phi) is 6.87. The summed E-state index contributed by atoms with van der Waals surface area (Å²) in [6.45, 7) is 0.359. The lowest BCUT2D eigenvalue weighted by Crippen LogP contribution is -2.46. The van der Waals surface area contributed by atoms with E-state index in [-0.39, 0.29) is 19.0 Å². The third-order valence-electron chi connectivity index (χ3n) is 4.36. The van der Waals surface area contributed by atoms with Crippen LogP contribution in [0.5, 0.6) is 0 Å². The number of aryl methyl sites for hydroxylation is 1. The summed E-state index contributed by atoms with van der Waals surface area (Å²) in [5.74, 6) is -0.416. The van der Waals surface area contributed by atoms with E-state index in [0.717, 1.165) is 11.3 Å². The van der Waals surface area contributed by atoms with Crippen LogP contribution in [0.3, 0.4) is 0 Å². The molecule has 6 nitrogen and oxygen atoms in total. The lowest BCUT2D eigenvalue weighted by Gasteiger charge is -2.30. The molecule has 0 saturated heterocycles. The highest BCUT2D eigenvalue weighted by molar-refractivity contribution is 5.85. The van der Waals surface area contributed by atoms with Crippen LogP contribution in [-0.4, -0.2) is 37.2 Å². The van der Waals surface area contributed by atoms with Gasteiger partial charge in [-0.3, -0.25) is 0 Å². The average Bonchev–Trinajstić information content (AvgIpc) is 3.30. The molecule has 1 atom stereocenters. The quantitative estimate of drug-likeness (QED) is 0.582. The number of hydrogen-bond donors (Lipinski definition) is 2. The lowest BCUT2D eigenvalue weighted by atomic mass is 9.97. The molecule has 2 N–H and O–H groups in total. The number of imidazole rings is 1. The van der Waals surface area contributed by atoms with Gasteiger partial charge >= 0.3 is 6.18 Å². The van der Waals surface area contributed by atoms with Crippen LogP contribution in [0.15, 0.2) is 55.1 Å². The predicted octanol–water partition coefficient (Wildman–Crippen LogP) is 2.96. The van der Waals surface area contributed by atoms with Gasteiger partial charge in [0.25, 0.3) is 0 Å². The summed E-state index contributed by atoms with van der Waals surface area (Å²) in [7, 11) is 1.42. The summed E-state index contributed by atoms with van der Waals surface area (Å²) in [5.41, 5.74) is -1.19. The zero-order chi connectivity index (χ0) is 19.5. The van der Waals surface area contributed by atoms with E-state index in [2.05, 4.69) is 15.4 Å². The number of aromatic nitrogens is 4. The second-order valence-corrected chi connectivity index (χ2v) is 6.26. The number of rotatable bonds is 7. The number of nitrogens with zero attached hydrogens (tertiary/aromatic N) is 4. The molecule has 3 rings (SSSR count). The van der Waals surface area contributed by atoms with E-state index >= 15 is 0 Å². The number of benzene rings is 1. The van der Waals surface area contributed by atoms with Gasteiger partial charge in [-0.2, -0.15) is 18.3 Å². The van der Waals surface area contributed by atoms with Gasteiger partial charge in [-0.15, -0.1) is 12.4 Å². The molecule has 10 heteroatoms. The van der Waals surface area contributed by atoms with Crippen molar-refractivity contribution in [3.63, 3.8) is 0 Å². The van der Waals surface area contributed by atoms with Gasteiger partial charge < -0.3 is 15.0 Å². The highest BCUT2D eigenvalue weighted by atomic mass is 35.5. The third-order valence-corrected chi connectivity index (χ3v) is 4.36. The summed E-state index contributed by atoms with van der Waals surface area (Å²) in [6, 6.07) is 9.32. The molecule has 0 aliphatic rings. The van der Waals surface area contributed by atoms with Crippen LogP contribution >= 0.6 is 12.4 Å². The monoisotopic (exact) mass is 415 g/mol. The van der Waals surface area contributed by atoms with Crippen LogP contribution in [0.25, 0.3) is 5.69 Å². The van der Waals surface area contributed by atoms with Crippen molar-refractivity contribution in [3.8, 4) is 5.69 Å². The first-order valence-corrected chi connectivity index (χ1v) is 8.38. The summed E-state index contributed by atoms with van der Waals surface area (Å²) in [4.78, 5) is 3.68. The standard InChI is InChI=1S/C18H20F3N5O.ClH/c1-25-12-10-23-16(25)17(27,18(19,20)21)7-9-22-13-14-3-5-15(6-4-14)26-11-2-8-24-26;/h2-6,8,10-12,22,27H,7,9,13H2,1H3;1H. The fourth-order valence-corrected chi connectivity index (χ4v) is 2.83. The minimum absolute atomic E-state index is 0. The topological polar surface area (TPSA) is 67.9 Å². The molecule has 1 aromatic carbocycles. The molecule has 0 radical (unpaired) electrons. The van der Waals surface area contributed by atoms with Crippen molar-refractivity contribution in [1.29, 1.82) is 0 Å².